The SMILES string of the molecule is CCCCCCCCOC(=O)C(C(=O)c1c(C)cccc1Cl)c1ccccc1.O=[PH2+]. The molecule has 0 saturated heterocycles. The molecule has 0 saturated carbocycles. The van der Waals surface area contributed by atoms with Gasteiger partial charge in [-0.1, -0.05) is 97.7 Å². The van der Waals surface area contributed by atoms with Gasteiger partial charge in [-0.3, -0.25) is 9.59 Å². The number of hydrogen-bond donors (Lipinski definition) is 0. The highest BCUT2D eigenvalue weighted by atomic mass is 35.5. The minimum Gasteiger partial charge on any atom is -0.465 e. The molecule has 0 spiro atoms. The molecule has 0 fully saturated rings. The average Bonchev–Trinajstić information content (AvgIpc) is 2.75. The molecule has 0 aromatic heterocycles. The van der Waals surface area contributed by atoms with Gasteiger partial charge in [-0.2, -0.15) is 0 Å². The molecular formula is C24H31ClO4P+. The first-order chi connectivity index (χ1) is 14.6. The zero-order valence-electron chi connectivity index (χ0n) is 17.7. The van der Waals surface area contributed by atoms with E-state index in [0.29, 0.717) is 22.8 Å². The number of esters is 1. The van der Waals surface area contributed by atoms with E-state index in [0.717, 1.165) is 24.8 Å². The molecule has 0 heterocycles. The van der Waals surface area contributed by atoms with Crippen molar-refractivity contribution in [3.8, 4) is 0 Å². The summed E-state index contributed by atoms with van der Waals surface area (Å²) >= 11 is 6.27. The molecule has 4 nitrogen and oxygen atoms in total. The number of unbranched alkanes of at least 4 members (excludes halogenated alkanes) is 5. The maximum absolute atomic E-state index is 13.3. The fraction of sp³-hybridized carbons (Fsp3) is 0.417. The van der Waals surface area contributed by atoms with Gasteiger partial charge in [0.05, 0.1) is 11.6 Å². The number of rotatable bonds is 11. The molecular weight excluding hydrogens is 419 g/mol. The molecule has 0 amide bonds. The highest BCUT2D eigenvalue weighted by Gasteiger charge is 2.32. The molecule has 30 heavy (non-hydrogen) atoms. The van der Waals surface area contributed by atoms with Crippen LogP contribution in [0, 0.1) is 6.92 Å². The maximum atomic E-state index is 13.3. The summed E-state index contributed by atoms with van der Waals surface area (Å²) in [7, 11) is 1.17. The van der Waals surface area contributed by atoms with Gasteiger partial charge >= 0.3 is 15.1 Å². The number of benzene rings is 2. The first-order valence-corrected chi connectivity index (χ1v) is 11.2. The van der Waals surface area contributed by atoms with E-state index in [2.05, 4.69) is 6.92 Å². The summed E-state index contributed by atoms with van der Waals surface area (Å²) in [6.45, 7) is 4.34. The summed E-state index contributed by atoms with van der Waals surface area (Å²) in [5.74, 6) is -1.83. The van der Waals surface area contributed by atoms with Crippen molar-refractivity contribution in [1.82, 2.24) is 0 Å². The number of hydrogen-bond acceptors (Lipinski definition) is 4. The minimum atomic E-state index is -1.00. The van der Waals surface area contributed by atoms with Crippen LogP contribution < -0.4 is 0 Å². The van der Waals surface area contributed by atoms with E-state index >= 15 is 0 Å². The van der Waals surface area contributed by atoms with Crippen molar-refractivity contribution >= 4 is 32.5 Å². The first-order valence-electron chi connectivity index (χ1n) is 10.3. The number of carbonyl (C=O) groups is 2. The Labute approximate surface area is 186 Å². The number of ketones is 1. The van der Waals surface area contributed by atoms with Gasteiger partial charge < -0.3 is 4.74 Å². The van der Waals surface area contributed by atoms with E-state index < -0.39 is 11.9 Å². The van der Waals surface area contributed by atoms with Crippen LogP contribution in [0.2, 0.25) is 5.02 Å². The van der Waals surface area contributed by atoms with Crippen LogP contribution in [0.25, 0.3) is 0 Å². The Morgan fingerprint density at radius 3 is 2.20 bits per heavy atom. The number of Topliss-reactive ketones (excluding diaryl/α,β-unsaturated/α-hetero) is 1. The second-order valence-electron chi connectivity index (χ2n) is 7.07. The van der Waals surface area contributed by atoms with Crippen molar-refractivity contribution in [3.63, 3.8) is 0 Å². The maximum Gasteiger partial charge on any atom is 0.321 e. The van der Waals surface area contributed by atoms with Gasteiger partial charge in [0.15, 0.2) is 5.78 Å². The van der Waals surface area contributed by atoms with Crippen molar-refractivity contribution in [2.24, 2.45) is 0 Å². The average molecular weight is 450 g/mol. The summed E-state index contributed by atoms with van der Waals surface area (Å²) < 4.78 is 13.7. The zero-order valence-corrected chi connectivity index (χ0v) is 19.6. The van der Waals surface area contributed by atoms with Crippen molar-refractivity contribution in [2.45, 2.75) is 58.3 Å². The Kier molecular flexibility index (Phi) is 12.9. The van der Waals surface area contributed by atoms with Gasteiger partial charge in [0.1, 0.15) is 5.92 Å². The van der Waals surface area contributed by atoms with Crippen molar-refractivity contribution in [3.05, 3.63) is 70.2 Å². The van der Waals surface area contributed by atoms with E-state index in [9.17, 15) is 9.59 Å². The molecule has 2 unspecified atom stereocenters. The Balaban J connectivity index is 0.00000218. The summed E-state index contributed by atoms with van der Waals surface area (Å²) in [5, 5.41) is 0.356. The number of halogens is 1. The van der Waals surface area contributed by atoms with Crippen LogP contribution in [0.1, 0.15) is 72.9 Å². The largest absolute Gasteiger partial charge is 0.465 e. The third kappa shape index (κ3) is 8.01. The van der Waals surface area contributed by atoms with E-state index in [4.69, 9.17) is 20.9 Å². The van der Waals surface area contributed by atoms with Crippen LogP contribution in [0.4, 0.5) is 0 Å². The van der Waals surface area contributed by atoms with Crippen molar-refractivity contribution in [1.29, 1.82) is 0 Å². The monoisotopic (exact) mass is 449 g/mol. The van der Waals surface area contributed by atoms with Crippen LogP contribution in [-0.4, -0.2) is 18.4 Å². The van der Waals surface area contributed by atoms with E-state index in [1.807, 2.05) is 31.2 Å². The predicted molar refractivity (Wildman–Crippen MR) is 124 cm³/mol. The Bertz CT molecular complexity index is 775. The number of carbonyl (C=O) groups excluding carboxylic acids is 2. The quantitative estimate of drug-likeness (QED) is 0.125. The highest BCUT2D eigenvalue weighted by Crippen LogP contribution is 2.29. The summed E-state index contributed by atoms with van der Waals surface area (Å²) in [4.78, 5) is 26.1. The highest BCUT2D eigenvalue weighted by molar-refractivity contribution is 7.00. The molecule has 0 aliphatic carbocycles. The first kappa shape index (κ1) is 26.0. The normalized spacial score (nSPS) is 11.2. The van der Waals surface area contributed by atoms with E-state index in [-0.39, 0.29) is 5.78 Å². The van der Waals surface area contributed by atoms with Crippen LogP contribution in [-0.2, 0) is 14.1 Å². The molecule has 0 aliphatic heterocycles. The van der Waals surface area contributed by atoms with Crippen LogP contribution >= 0.6 is 20.7 Å². The lowest BCUT2D eigenvalue weighted by Crippen LogP contribution is -2.25. The zero-order chi connectivity index (χ0) is 22.4. The Hall–Kier alpha value is -2.03. The fourth-order valence-electron chi connectivity index (χ4n) is 3.27. The molecule has 6 heteroatoms. The molecule has 0 radical (unpaired) electrons. The summed E-state index contributed by atoms with van der Waals surface area (Å²) in [5.41, 5.74) is 1.76. The number of ether oxygens (including phenoxy) is 1. The fourth-order valence-corrected chi connectivity index (χ4v) is 3.58. The van der Waals surface area contributed by atoms with Crippen LogP contribution in [0.15, 0.2) is 48.5 Å². The lowest BCUT2D eigenvalue weighted by Gasteiger charge is -2.17. The third-order valence-corrected chi connectivity index (χ3v) is 5.16. The topological polar surface area (TPSA) is 60.4 Å². The van der Waals surface area contributed by atoms with Gasteiger partial charge in [-0.25, -0.2) is 0 Å². The summed E-state index contributed by atoms with van der Waals surface area (Å²) in [6, 6.07) is 14.3. The standard InChI is InChI=1S/C24H29ClO3.H2OP/c1-3-4-5-6-7-11-17-28-24(27)22(19-14-9-8-10-15-19)23(26)21-18(2)13-12-16-20(21)25;1-2/h8-10,12-16,22H,3-7,11,17H2,1-2H3;2H2/q;+1. The molecule has 0 bridgehead atoms. The molecule has 2 atom stereocenters. The Morgan fingerprint density at radius 2 is 1.57 bits per heavy atom. The molecule has 0 N–H and O–H groups in total. The van der Waals surface area contributed by atoms with Crippen LogP contribution in [0.3, 0.4) is 0 Å². The van der Waals surface area contributed by atoms with Crippen molar-refractivity contribution in [2.75, 3.05) is 6.61 Å². The van der Waals surface area contributed by atoms with Gasteiger partial charge in [0, 0.05) is 5.56 Å². The molecule has 0 aliphatic rings. The van der Waals surface area contributed by atoms with Gasteiger partial charge in [-0.15, -0.1) is 0 Å². The lowest BCUT2D eigenvalue weighted by atomic mass is 9.89. The third-order valence-electron chi connectivity index (χ3n) is 4.84. The molecule has 162 valence electrons. The smallest absolute Gasteiger partial charge is 0.321 e. The van der Waals surface area contributed by atoms with Gasteiger partial charge in [0.2, 0.25) is 0 Å². The van der Waals surface area contributed by atoms with Crippen molar-refractivity contribution < 1.29 is 18.9 Å². The van der Waals surface area contributed by atoms with Gasteiger partial charge in [0.25, 0.3) is 0 Å². The number of aryl methyl sites for hydroxylation is 1. The van der Waals surface area contributed by atoms with E-state index in [1.54, 1.807) is 24.3 Å². The summed E-state index contributed by atoms with van der Waals surface area (Å²) in [6.07, 6.45) is 6.64. The second kappa shape index (κ2) is 14.9. The van der Waals surface area contributed by atoms with E-state index in [1.165, 1.54) is 28.4 Å². The molecule has 2 aromatic carbocycles. The van der Waals surface area contributed by atoms with Gasteiger partial charge in [-0.05, 0) is 30.5 Å². The van der Waals surface area contributed by atoms with Crippen LogP contribution in [0.5, 0.6) is 0 Å². The minimum absolute atomic E-state index is 0.317. The second-order valence-corrected chi connectivity index (χ2v) is 7.48. The molecule has 2 rings (SSSR count). The predicted octanol–water partition coefficient (Wildman–Crippen LogP) is 6.73. The Morgan fingerprint density at radius 1 is 0.933 bits per heavy atom. The molecule has 2 aromatic rings. The lowest BCUT2D eigenvalue weighted by molar-refractivity contribution is -0.144.